The van der Waals surface area contributed by atoms with E-state index in [1.165, 1.54) is 23.5 Å². The van der Waals surface area contributed by atoms with Crippen LogP contribution in [0, 0.1) is 5.82 Å². The number of benzene rings is 2. The van der Waals surface area contributed by atoms with Crippen molar-refractivity contribution in [1.82, 2.24) is 10.2 Å². The smallest absolute Gasteiger partial charge is 0.264 e. The van der Waals surface area contributed by atoms with Gasteiger partial charge in [0.05, 0.1) is 12.7 Å². The van der Waals surface area contributed by atoms with E-state index in [0.717, 1.165) is 5.56 Å². The minimum atomic E-state index is -0.523. The van der Waals surface area contributed by atoms with Crippen LogP contribution >= 0.6 is 11.3 Å². The zero-order valence-electron chi connectivity index (χ0n) is 13.2. The number of aromatic nitrogens is 2. The molecule has 1 aromatic heterocycles. The standard InChI is InChI=1S/C17H14FN3O3S/c1-23-13-8-4-2-6-11(13)16-20-21-17(25-16)19-15(22)10-24-14-9-5-3-7-12(14)18/h2-9H,10H2,1H3,(H,19,21,22). The molecule has 0 fully saturated rings. The molecular formula is C17H14FN3O3S. The van der Waals surface area contributed by atoms with E-state index in [4.69, 9.17) is 9.47 Å². The number of hydrogen-bond acceptors (Lipinski definition) is 6. The molecule has 0 spiro atoms. The largest absolute Gasteiger partial charge is 0.496 e. The Hall–Kier alpha value is -3.00. The molecule has 6 nitrogen and oxygen atoms in total. The average molecular weight is 359 g/mol. The van der Waals surface area contributed by atoms with Gasteiger partial charge >= 0.3 is 0 Å². The zero-order valence-corrected chi connectivity index (χ0v) is 14.0. The SMILES string of the molecule is COc1ccccc1-c1nnc(NC(=O)COc2ccccc2F)s1. The molecule has 0 saturated heterocycles. The lowest BCUT2D eigenvalue weighted by molar-refractivity contribution is -0.118. The van der Waals surface area contributed by atoms with Crippen LogP contribution in [0.25, 0.3) is 10.6 Å². The zero-order chi connectivity index (χ0) is 17.6. The summed E-state index contributed by atoms with van der Waals surface area (Å²) in [5.41, 5.74) is 0.783. The number of rotatable bonds is 6. The minimum absolute atomic E-state index is 0.0182. The van der Waals surface area contributed by atoms with Gasteiger partial charge in [-0.3, -0.25) is 10.1 Å². The monoisotopic (exact) mass is 359 g/mol. The second-order valence-corrected chi connectivity index (χ2v) is 5.86. The number of ether oxygens (including phenoxy) is 2. The fourth-order valence-electron chi connectivity index (χ4n) is 2.06. The highest BCUT2D eigenvalue weighted by Gasteiger charge is 2.13. The van der Waals surface area contributed by atoms with Gasteiger partial charge < -0.3 is 9.47 Å². The minimum Gasteiger partial charge on any atom is -0.496 e. The van der Waals surface area contributed by atoms with Crippen LogP contribution in [0.1, 0.15) is 0 Å². The third-order valence-electron chi connectivity index (χ3n) is 3.20. The molecule has 0 aliphatic heterocycles. The second-order valence-electron chi connectivity index (χ2n) is 4.88. The van der Waals surface area contributed by atoms with E-state index >= 15 is 0 Å². The first-order chi connectivity index (χ1) is 12.2. The third-order valence-corrected chi connectivity index (χ3v) is 4.08. The average Bonchev–Trinajstić information content (AvgIpc) is 3.09. The van der Waals surface area contributed by atoms with Gasteiger partial charge in [-0.15, -0.1) is 10.2 Å². The van der Waals surface area contributed by atoms with Crippen molar-refractivity contribution in [3.05, 3.63) is 54.3 Å². The summed E-state index contributed by atoms with van der Waals surface area (Å²) in [6.07, 6.45) is 0. The van der Waals surface area contributed by atoms with Crippen molar-refractivity contribution in [3.8, 4) is 22.1 Å². The number of halogens is 1. The highest BCUT2D eigenvalue weighted by molar-refractivity contribution is 7.18. The Labute approximate surface area is 147 Å². The Morgan fingerprint density at radius 2 is 1.84 bits per heavy atom. The number of carbonyl (C=O) groups is 1. The van der Waals surface area contributed by atoms with Gasteiger partial charge in [0.1, 0.15) is 5.75 Å². The maximum atomic E-state index is 13.4. The van der Waals surface area contributed by atoms with Gasteiger partial charge in [-0.1, -0.05) is 35.6 Å². The first kappa shape index (κ1) is 16.8. The molecule has 8 heteroatoms. The Bertz CT molecular complexity index is 885. The quantitative estimate of drug-likeness (QED) is 0.730. The van der Waals surface area contributed by atoms with E-state index in [-0.39, 0.29) is 12.4 Å². The van der Waals surface area contributed by atoms with Gasteiger partial charge in [-0.2, -0.15) is 0 Å². The maximum Gasteiger partial charge on any atom is 0.264 e. The first-order valence-corrected chi connectivity index (χ1v) is 8.13. The van der Waals surface area contributed by atoms with Crippen molar-refractivity contribution >= 4 is 22.4 Å². The molecule has 0 bridgehead atoms. The van der Waals surface area contributed by atoms with Crippen molar-refractivity contribution < 1.29 is 18.7 Å². The van der Waals surface area contributed by atoms with E-state index in [1.807, 2.05) is 24.3 Å². The molecule has 3 aromatic rings. The summed E-state index contributed by atoms with van der Waals surface area (Å²) in [7, 11) is 1.57. The van der Waals surface area contributed by atoms with Gasteiger partial charge in [0.25, 0.3) is 5.91 Å². The molecule has 1 amide bonds. The predicted octanol–water partition coefficient (Wildman–Crippen LogP) is 3.37. The summed E-state index contributed by atoms with van der Waals surface area (Å²) in [6.45, 7) is -0.329. The molecule has 1 heterocycles. The lowest BCUT2D eigenvalue weighted by atomic mass is 10.2. The summed E-state index contributed by atoms with van der Waals surface area (Å²) < 4.78 is 23.9. The van der Waals surface area contributed by atoms with Gasteiger partial charge in [0.15, 0.2) is 23.2 Å². The molecular weight excluding hydrogens is 345 g/mol. The number of hydrogen-bond donors (Lipinski definition) is 1. The summed E-state index contributed by atoms with van der Waals surface area (Å²) in [6, 6.07) is 13.3. The van der Waals surface area contributed by atoms with Crippen LogP contribution in [-0.4, -0.2) is 29.8 Å². The van der Waals surface area contributed by atoms with Crippen molar-refractivity contribution in [2.75, 3.05) is 19.0 Å². The van der Waals surface area contributed by atoms with Crippen LogP contribution < -0.4 is 14.8 Å². The number of anilines is 1. The second kappa shape index (κ2) is 7.71. The Kier molecular flexibility index (Phi) is 5.20. The molecule has 128 valence electrons. The van der Waals surface area contributed by atoms with Gasteiger partial charge in [-0.05, 0) is 24.3 Å². The summed E-state index contributed by atoms with van der Waals surface area (Å²) in [4.78, 5) is 11.9. The van der Waals surface area contributed by atoms with Crippen molar-refractivity contribution in [2.45, 2.75) is 0 Å². The van der Waals surface area contributed by atoms with Gasteiger partial charge in [0.2, 0.25) is 5.13 Å². The number of carbonyl (C=O) groups excluding carboxylic acids is 1. The number of amides is 1. The number of nitrogens with one attached hydrogen (secondary N) is 1. The van der Waals surface area contributed by atoms with Crippen LogP contribution in [0.5, 0.6) is 11.5 Å². The van der Waals surface area contributed by atoms with E-state index in [9.17, 15) is 9.18 Å². The summed E-state index contributed by atoms with van der Waals surface area (Å²) in [5.74, 6) is -0.292. The molecule has 0 atom stereocenters. The molecule has 3 rings (SSSR count). The van der Waals surface area contributed by atoms with Gasteiger partial charge in [0, 0.05) is 0 Å². The molecule has 2 aromatic carbocycles. The fraction of sp³-hybridized carbons (Fsp3) is 0.118. The summed E-state index contributed by atoms with van der Waals surface area (Å²) >= 11 is 1.20. The van der Waals surface area contributed by atoms with Crippen molar-refractivity contribution in [2.24, 2.45) is 0 Å². The van der Waals surface area contributed by atoms with Crippen molar-refractivity contribution in [1.29, 1.82) is 0 Å². The van der Waals surface area contributed by atoms with Crippen LogP contribution in [0.15, 0.2) is 48.5 Å². The van der Waals surface area contributed by atoms with E-state index in [0.29, 0.717) is 15.9 Å². The molecule has 0 radical (unpaired) electrons. The normalized spacial score (nSPS) is 10.3. The maximum absolute atomic E-state index is 13.4. The Morgan fingerprint density at radius 3 is 2.60 bits per heavy atom. The Balaban J connectivity index is 1.63. The predicted molar refractivity (Wildman–Crippen MR) is 92.4 cm³/mol. The first-order valence-electron chi connectivity index (χ1n) is 7.31. The van der Waals surface area contributed by atoms with Crippen LogP contribution in [0.2, 0.25) is 0 Å². The summed E-state index contributed by atoms with van der Waals surface area (Å²) in [5, 5.41) is 11.5. The number of nitrogens with zero attached hydrogens (tertiary/aromatic N) is 2. The van der Waals surface area contributed by atoms with Crippen LogP contribution in [-0.2, 0) is 4.79 Å². The molecule has 0 aliphatic rings. The molecule has 0 aliphatic carbocycles. The molecule has 0 saturated carbocycles. The van der Waals surface area contributed by atoms with E-state index < -0.39 is 11.7 Å². The number of methoxy groups -OCH3 is 1. The lowest BCUT2D eigenvalue weighted by Crippen LogP contribution is -2.20. The highest BCUT2D eigenvalue weighted by atomic mass is 32.1. The van der Waals surface area contributed by atoms with Gasteiger partial charge in [-0.25, -0.2) is 4.39 Å². The highest BCUT2D eigenvalue weighted by Crippen LogP contribution is 2.33. The van der Waals surface area contributed by atoms with Crippen molar-refractivity contribution in [3.63, 3.8) is 0 Å². The molecule has 25 heavy (non-hydrogen) atoms. The third kappa shape index (κ3) is 4.10. The van der Waals surface area contributed by atoms with E-state index in [2.05, 4.69) is 15.5 Å². The van der Waals surface area contributed by atoms with E-state index in [1.54, 1.807) is 19.2 Å². The Morgan fingerprint density at radius 1 is 1.12 bits per heavy atom. The van der Waals surface area contributed by atoms with Crippen LogP contribution in [0.4, 0.5) is 9.52 Å². The lowest BCUT2D eigenvalue weighted by Gasteiger charge is -2.06. The molecule has 1 N–H and O–H groups in total. The number of para-hydroxylation sites is 2. The topological polar surface area (TPSA) is 73.3 Å². The van der Waals surface area contributed by atoms with Crippen LogP contribution in [0.3, 0.4) is 0 Å². The molecule has 0 unspecified atom stereocenters. The fourth-order valence-corrected chi connectivity index (χ4v) is 2.85.